The highest BCUT2D eigenvalue weighted by Crippen LogP contribution is 2.33. The van der Waals surface area contributed by atoms with Crippen molar-refractivity contribution in [1.82, 2.24) is 5.32 Å². The Labute approximate surface area is 103 Å². The highest BCUT2D eigenvalue weighted by molar-refractivity contribution is 7.91. The van der Waals surface area contributed by atoms with Crippen LogP contribution >= 0.6 is 0 Å². The van der Waals surface area contributed by atoms with Crippen molar-refractivity contribution in [2.24, 2.45) is 0 Å². The fraction of sp³-hybridized carbons (Fsp3) is 0.455. The molecule has 1 unspecified atom stereocenters. The highest BCUT2D eigenvalue weighted by Gasteiger charge is 2.35. The summed E-state index contributed by atoms with van der Waals surface area (Å²) in [6, 6.07) is 5.85. The van der Waals surface area contributed by atoms with Crippen LogP contribution in [0.5, 0.6) is 0 Å². The second-order valence-electron chi connectivity index (χ2n) is 4.19. The van der Waals surface area contributed by atoms with Gasteiger partial charge in [0.2, 0.25) is 0 Å². The normalized spacial score (nSPS) is 21.8. The number of hydrogen-bond donors (Lipinski definition) is 1. The molecule has 0 fully saturated rings. The number of alkyl halides is 3. The summed E-state index contributed by atoms with van der Waals surface area (Å²) < 4.78 is 59.6. The van der Waals surface area contributed by atoms with Crippen LogP contribution < -0.4 is 5.32 Å². The van der Waals surface area contributed by atoms with Gasteiger partial charge in [0, 0.05) is 12.6 Å². The summed E-state index contributed by atoms with van der Waals surface area (Å²) in [4.78, 5) is 0.217. The van der Waals surface area contributed by atoms with E-state index in [0.717, 1.165) is 0 Å². The van der Waals surface area contributed by atoms with Gasteiger partial charge in [-0.15, -0.1) is 0 Å². The lowest BCUT2D eigenvalue weighted by molar-refractivity contribution is -0.133. The van der Waals surface area contributed by atoms with E-state index in [1.807, 2.05) is 0 Å². The molecule has 1 aromatic rings. The average molecular weight is 279 g/mol. The maximum Gasteiger partial charge on any atom is 0.390 e. The molecular weight excluding hydrogens is 267 g/mol. The van der Waals surface area contributed by atoms with Gasteiger partial charge < -0.3 is 5.32 Å². The molecule has 0 aromatic heterocycles. The SMILES string of the molecule is O=S1(=O)CC(NCCC(F)(F)F)c2ccccc21. The van der Waals surface area contributed by atoms with Crippen LogP contribution in [0, 0.1) is 0 Å². The molecule has 1 heterocycles. The van der Waals surface area contributed by atoms with Crippen molar-refractivity contribution in [2.45, 2.75) is 23.5 Å². The van der Waals surface area contributed by atoms with Crippen LogP contribution in [-0.2, 0) is 9.84 Å². The van der Waals surface area contributed by atoms with E-state index in [2.05, 4.69) is 5.32 Å². The Morgan fingerprint density at radius 2 is 1.94 bits per heavy atom. The third-order valence-electron chi connectivity index (χ3n) is 2.81. The van der Waals surface area contributed by atoms with Crippen LogP contribution in [0.1, 0.15) is 18.0 Å². The molecule has 100 valence electrons. The Balaban J connectivity index is 2.09. The third kappa shape index (κ3) is 2.84. The van der Waals surface area contributed by atoms with Crippen molar-refractivity contribution >= 4 is 9.84 Å². The number of rotatable bonds is 3. The first-order chi connectivity index (χ1) is 8.30. The summed E-state index contributed by atoms with van der Waals surface area (Å²) in [5.74, 6) is -0.176. The summed E-state index contributed by atoms with van der Waals surface area (Å²) in [6.07, 6.45) is -5.20. The first-order valence-electron chi connectivity index (χ1n) is 5.41. The van der Waals surface area contributed by atoms with Gasteiger partial charge in [0.15, 0.2) is 9.84 Å². The van der Waals surface area contributed by atoms with Crippen LogP contribution in [0.2, 0.25) is 0 Å². The lowest BCUT2D eigenvalue weighted by atomic mass is 10.1. The first-order valence-corrected chi connectivity index (χ1v) is 7.07. The molecule has 2 rings (SSSR count). The monoisotopic (exact) mass is 279 g/mol. The second kappa shape index (κ2) is 4.55. The summed E-state index contributed by atoms with van der Waals surface area (Å²) in [7, 11) is -3.36. The molecule has 1 N–H and O–H groups in total. The van der Waals surface area contributed by atoms with Gasteiger partial charge in [0.05, 0.1) is 17.1 Å². The Bertz CT molecular complexity index is 539. The number of fused-ring (bicyclic) bond motifs is 1. The topological polar surface area (TPSA) is 46.2 Å². The summed E-state index contributed by atoms with van der Waals surface area (Å²) in [5.41, 5.74) is 0.555. The quantitative estimate of drug-likeness (QED) is 0.921. The summed E-state index contributed by atoms with van der Waals surface area (Å²) in [6.45, 7) is -0.280. The van der Waals surface area contributed by atoms with E-state index in [4.69, 9.17) is 0 Å². The molecule has 0 radical (unpaired) electrons. The predicted octanol–water partition coefficient (Wildman–Crippen LogP) is 2.06. The van der Waals surface area contributed by atoms with Crippen LogP contribution in [-0.4, -0.2) is 26.9 Å². The molecule has 1 aromatic carbocycles. The van der Waals surface area contributed by atoms with Crippen LogP contribution in [0.25, 0.3) is 0 Å². The number of nitrogens with one attached hydrogen (secondary N) is 1. The molecule has 18 heavy (non-hydrogen) atoms. The van der Waals surface area contributed by atoms with Gasteiger partial charge in [-0.1, -0.05) is 18.2 Å². The molecular formula is C11H12F3NO2S. The Morgan fingerprint density at radius 3 is 2.61 bits per heavy atom. The van der Waals surface area contributed by atoms with Crippen molar-refractivity contribution in [3.63, 3.8) is 0 Å². The Morgan fingerprint density at radius 1 is 1.28 bits per heavy atom. The second-order valence-corrected chi connectivity index (χ2v) is 6.19. The van der Waals surface area contributed by atoms with Gasteiger partial charge in [-0.05, 0) is 11.6 Å². The Kier molecular flexibility index (Phi) is 3.37. The molecule has 3 nitrogen and oxygen atoms in total. The van der Waals surface area contributed by atoms with Crippen molar-refractivity contribution in [2.75, 3.05) is 12.3 Å². The average Bonchev–Trinajstić information content (AvgIpc) is 2.50. The van der Waals surface area contributed by atoms with Gasteiger partial charge in [-0.3, -0.25) is 0 Å². The maximum absolute atomic E-state index is 12.0. The maximum atomic E-state index is 12.0. The lowest BCUT2D eigenvalue weighted by Crippen LogP contribution is -2.27. The van der Waals surface area contributed by atoms with Crippen LogP contribution in [0.3, 0.4) is 0 Å². The van der Waals surface area contributed by atoms with Crippen molar-refractivity contribution in [1.29, 1.82) is 0 Å². The number of hydrogen-bond acceptors (Lipinski definition) is 3. The van der Waals surface area contributed by atoms with Gasteiger partial charge in [-0.25, -0.2) is 8.42 Å². The number of sulfone groups is 1. The van der Waals surface area contributed by atoms with Crippen molar-refractivity contribution in [3.8, 4) is 0 Å². The Hall–Kier alpha value is -1.08. The molecule has 0 bridgehead atoms. The number of benzene rings is 1. The van der Waals surface area contributed by atoms with Crippen LogP contribution in [0.4, 0.5) is 13.2 Å². The van der Waals surface area contributed by atoms with E-state index >= 15 is 0 Å². The van der Waals surface area contributed by atoms with Gasteiger partial charge in [0.1, 0.15) is 0 Å². The minimum Gasteiger partial charge on any atom is -0.309 e. The van der Waals surface area contributed by atoms with Gasteiger partial charge in [-0.2, -0.15) is 13.2 Å². The first kappa shape index (κ1) is 13.4. The zero-order chi connectivity index (χ0) is 13.4. The summed E-state index contributed by atoms with van der Waals surface area (Å²) >= 11 is 0. The zero-order valence-corrected chi connectivity index (χ0v) is 10.2. The van der Waals surface area contributed by atoms with Crippen molar-refractivity contribution < 1.29 is 21.6 Å². The largest absolute Gasteiger partial charge is 0.390 e. The fourth-order valence-electron chi connectivity index (χ4n) is 2.01. The van der Waals surface area contributed by atoms with E-state index < -0.39 is 28.5 Å². The van der Waals surface area contributed by atoms with E-state index in [9.17, 15) is 21.6 Å². The minimum absolute atomic E-state index is 0.176. The summed E-state index contributed by atoms with van der Waals surface area (Å²) in [5, 5.41) is 2.65. The molecule has 0 amide bonds. The molecule has 0 spiro atoms. The molecule has 1 aliphatic heterocycles. The molecule has 0 saturated heterocycles. The van der Waals surface area contributed by atoms with Crippen molar-refractivity contribution in [3.05, 3.63) is 29.8 Å². The molecule has 0 saturated carbocycles. The molecule has 1 atom stereocenters. The lowest BCUT2D eigenvalue weighted by Gasteiger charge is -2.13. The van der Waals surface area contributed by atoms with Gasteiger partial charge >= 0.3 is 6.18 Å². The fourth-order valence-corrected chi connectivity index (χ4v) is 3.78. The van der Waals surface area contributed by atoms with Crippen LogP contribution in [0.15, 0.2) is 29.2 Å². The van der Waals surface area contributed by atoms with Gasteiger partial charge in [0.25, 0.3) is 0 Å². The third-order valence-corrected chi connectivity index (χ3v) is 4.63. The van der Waals surface area contributed by atoms with E-state index in [-0.39, 0.29) is 17.2 Å². The van der Waals surface area contributed by atoms with E-state index in [1.165, 1.54) is 6.07 Å². The number of halogens is 3. The molecule has 7 heteroatoms. The predicted molar refractivity (Wildman–Crippen MR) is 59.9 cm³/mol. The molecule has 0 aliphatic carbocycles. The van der Waals surface area contributed by atoms with E-state index in [1.54, 1.807) is 18.2 Å². The minimum atomic E-state index is -4.23. The zero-order valence-electron chi connectivity index (χ0n) is 9.37. The standard InChI is InChI=1S/C11H12F3NO2S/c12-11(13,14)5-6-15-9-7-18(16,17)10-4-2-1-3-8(9)10/h1-4,9,15H,5-7H2. The highest BCUT2D eigenvalue weighted by atomic mass is 32.2. The molecule has 1 aliphatic rings. The smallest absolute Gasteiger partial charge is 0.309 e. The van der Waals surface area contributed by atoms with E-state index in [0.29, 0.717) is 5.56 Å².